The van der Waals surface area contributed by atoms with Gasteiger partial charge in [0.15, 0.2) is 0 Å². The Kier molecular flexibility index (Phi) is 6.42. The van der Waals surface area contributed by atoms with Gasteiger partial charge in [0.1, 0.15) is 6.33 Å². The monoisotopic (exact) mass is 414 g/mol. The second-order valence-corrected chi connectivity index (χ2v) is 8.53. The average molecular weight is 415 g/mol. The molecule has 0 radical (unpaired) electrons. The number of benzene rings is 2. The molecule has 160 valence electrons. The standard InChI is InChI=1S/C26H30N4O/c1-3-18(2)25(27)16-30(26(31)24-13-23(24)21-14-28-17-29-15-21)22-11-9-20(10-12-22)19-7-5-4-6-8-19/h4-12,14-15,17-18,23-25H,3,13,16,27H2,1-2H3/t18-,23-,24+,25+/m0/s1. The summed E-state index contributed by atoms with van der Waals surface area (Å²) in [6.07, 6.45) is 6.98. The predicted molar refractivity (Wildman–Crippen MR) is 125 cm³/mol. The number of aromatic nitrogens is 2. The Balaban J connectivity index is 1.56. The first-order valence-electron chi connectivity index (χ1n) is 11.1. The SMILES string of the molecule is CC[C@H](C)[C@H](N)CN(C(=O)[C@@H]1C[C@H]1c1cncnc1)c1ccc(-c2ccccc2)cc1. The molecule has 1 heterocycles. The highest BCUT2D eigenvalue weighted by atomic mass is 16.2. The third-order valence-electron chi connectivity index (χ3n) is 6.44. The maximum absolute atomic E-state index is 13.5. The van der Waals surface area contributed by atoms with Crippen LogP contribution in [0.15, 0.2) is 73.3 Å². The largest absolute Gasteiger partial charge is 0.326 e. The molecular weight excluding hydrogens is 384 g/mol. The van der Waals surface area contributed by atoms with E-state index in [9.17, 15) is 4.79 Å². The molecule has 5 heteroatoms. The molecule has 1 amide bonds. The zero-order valence-electron chi connectivity index (χ0n) is 18.2. The molecule has 1 fully saturated rings. The van der Waals surface area contributed by atoms with Crippen molar-refractivity contribution < 1.29 is 4.79 Å². The van der Waals surface area contributed by atoms with Gasteiger partial charge in [-0.05, 0) is 47.1 Å². The molecule has 0 saturated heterocycles. The maximum atomic E-state index is 13.5. The van der Waals surface area contributed by atoms with Gasteiger partial charge in [-0.3, -0.25) is 4.79 Å². The number of nitrogens with zero attached hydrogens (tertiary/aromatic N) is 3. The Morgan fingerprint density at radius 3 is 2.35 bits per heavy atom. The molecule has 0 aliphatic heterocycles. The molecule has 31 heavy (non-hydrogen) atoms. The van der Waals surface area contributed by atoms with E-state index in [1.165, 1.54) is 6.33 Å². The summed E-state index contributed by atoms with van der Waals surface area (Å²) in [5.74, 6) is 0.639. The van der Waals surface area contributed by atoms with Crippen molar-refractivity contribution in [3.8, 4) is 11.1 Å². The van der Waals surface area contributed by atoms with Crippen molar-refractivity contribution in [2.45, 2.75) is 38.6 Å². The third kappa shape index (κ3) is 4.83. The lowest BCUT2D eigenvalue weighted by atomic mass is 9.98. The summed E-state index contributed by atoms with van der Waals surface area (Å²) in [5, 5.41) is 0. The van der Waals surface area contributed by atoms with Crippen LogP contribution in [0.3, 0.4) is 0 Å². The number of hydrogen-bond acceptors (Lipinski definition) is 4. The highest BCUT2D eigenvalue weighted by Gasteiger charge is 2.46. The summed E-state index contributed by atoms with van der Waals surface area (Å²) < 4.78 is 0. The minimum Gasteiger partial charge on any atom is -0.326 e. The van der Waals surface area contributed by atoms with Crippen molar-refractivity contribution in [2.24, 2.45) is 17.6 Å². The molecule has 3 aromatic rings. The van der Waals surface area contributed by atoms with E-state index < -0.39 is 0 Å². The van der Waals surface area contributed by atoms with Crippen LogP contribution in [0, 0.1) is 11.8 Å². The molecule has 5 nitrogen and oxygen atoms in total. The summed E-state index contributed by atoms with van der Waals surface area (Å²) in [7, 11) is 0. The van der Waals surface area contributed by atoms with Crippen LogP contribution in [0.4, 0.5) is 5.69 Å². The van der Waals surface area contributed by atoms with Gasteiger partial charge >= 0.3 is 0 Å². The fourth-order valence-corrected chi connectivity index (χ4v) is 4.02. The van der Waals surface area contributed by atoms with Gasteiger partial charge in [-0.1, -0.05) is 62.7 Å². The molecule has 1 aliphatic rings. The topological polar surface area (TPSA) is 72.1 Å². The number of anilines is 1. The van der Waals surface area contributed by atoms with Crippen molar-refractivity contribution in [3.63, 3.8) is 0 Å². The highest BCUT2D eigenvalue weighted by Crippen LogP contribution is 2.48. The van der Waals surface area contributed by atoms with Gasteiger partial charge < -0.3 is 10.6 Å². The lowest BCUT2D eigenvalue weighted by Crippen LogP contribution is -2.45. The second kappa shape index (κ2) is 9.40. The van der Waals surface area contributed by atoms with Crippen LogP contribution >= 0.6 is 0 Å². The first kappa shape index (κ1) is 21.2. The van der Waals surface area contributed by atoms with Gasteiger partial charge in [-0.2, -0.15) is 0 Å². The summed E-state index contributed by atoms with van der Waals surface area (Å²) >= 11 is 0. The fourth-order valence-electron chi connectivity index (χ4n) is 4.02. The van der Waals surface area contributed by atoms with Gasteiger partial charge in [0.2, 0.25) is 5.91 Å². The molecule has 1 aliphatic carbocycles. The highest BCUT2D eigenvalue weighted by molar-refractivity contribution is 5.97. The number of carbonyl (C=O) groups excluding carboxylic acids is 1. The van der Waals surface area contributed by atoms with Gasteiger partial charge in [0.25, 0.3) is 0 Å². The van der Waals surface area contributed by atoms with Crippen molar-refractivity contribution in [1.82, 2.24) is 9.97 Å². The quantitative estimate of drug-likeness (QED) is 0.582. The lowest BCUT2D eigenvalue weighted by molar-refractivity contribution is -0.120. The zero-order chi connectivity index (χ0) is 21.8. The lowest BCUT2D eigenvalue weighted by Gasteiger charge is -2.29. The molecule has 2 aromatic carbocycles. The Hall–Kier alpha value is -3.05. The van der Waals surface area contributed by atoms with E-state index in [4.69, 9.17) is 5.73 Å². The Bertz CT molecular complexity index is 991. The molecular formula is C26H30N4O. The van der Waals surface area contributed by atoms with Gasteiger partial charge in [0.05, 0.1) is 0 Å². The van der Waals surface area contributed by atoms with Crippen molar-refractivity contribution in [3.05, 3.63) is 78.9 Å². The molecule has 0 unspecified atom stereocenters. The number of carbonyl (C=O) groups is 1. The molecule has 0 bridgehead atoms. The zero-order valence-corrected chi connectivity index (χ0v) is 18.2. The Morgan fingerprint density at radius 2 is 1.71 bits per heavy atom. The van der Waals surface area contributed by atoms with Crippen LogP contribution in [0.2, 0.25) is 0 Å². The summed E-state index contributed by atoms with van der Waals surface area (Å²) in [4.78, 5) is 23.6. The summed E-state index contributed by atoms with van der Waals surface area (Å²) in [6.45, 7) is 4.80. The van der Waals surface area contributed by atoms with Crippen molar-refractivity contribution in [1.29, 1.82) is 0 Å². The Labute approximate surface area is 184 Å². The third-order valence-corrected chi connectivity index (χ3v) is 6.44. The van der Waals surface area contributed by atoms with E-state index in [1.807, 2.05) is 47.6 Å². The molecule has 1 saturated carbocycles. The van der Waals surface area contributed by atoms with Crippen LogP contribution in [0.5, 0.6) is 0 Å². The molecule has 1 aromatic heterocycles. The number of nitrogens with two attached hydrogens (primary N) is 1. The van der Waals surface area contributed by atoms with Crippen LogP contribution < -0.4 is 10.6 Å². The van der Waals surface area contributed by atoms with E-state index >= 15 is 0 Å². The van der Waals surface area contributed by atoms with E-state index in [2.05, 4.69) is 48.1 Å². The minimum atomic E-state index is -0.0694. The minimum absolute atomic E-state index is 0.0380. The van der Waals surface area contributed by atoms with Crippen LogP contribution in [0.25, 0.3) is 11.1 Å². The second-order valence-electron chi connectivity index (χ2n) is 8.53. The van der Waals surface area contributed by atoms with E-state index in [0.29, 0.717) is 12.5 Å². The maximum Gasteiger partial charge on any atom is 0.230 e. The van der Waals surface area contributed by atoms with Crippen molar-refractivity contribution in [2.75, 3.05) is 11.4 Å². The first-order valence-corrected chi connectivity index (χ1v) is 11.1. The average Bonchev–Trinajstić information content (AvgIpc) is 3.64. The molecule has 4 rings (SSSR count). The number of rotatable bonds is 8. The number of hydrogen-bond donors (Lipinski definition) is 1. The Morgan fingerprint density at radius 1 is 1.06 bits per heavy atom. The van der Waals surface area contributed by atoms with Gasteiger partial charge in [-0.15, -0.1) is 0 Å². The molecule has 4 atom stereocenters. The van der Waals surface area contributed by atoms with Crippen LogP contribution in [0.1, 0.15) is 38.2 Å². The molecule has 0 spiro atoms. The smallest absolute Gasteiger partial charge is 0.230 e. The van der Waals surface area contributed by atoms with Gasteiger partial charge in [-0.25, -0.2) is 9.97 Å². The number of amides is 1. The summed E-state index contributed by atoms with van der Waals surface area (Å²) in [5.41, 5.74) is 10.7. The van der Waals surface area contributed by atoms with Crippen LogP contribution in [-0.4, -0.2) is 28.5 Å². The fraction of sp³-hybridized carbons (Fsp3) is 0.346. The van der Waals surface area contributed by atoms with E-state index in [1.54, 1.807) is 0 Å². The summed E-state index contributed by atoms with van der Waals surface area (Å²) in [6, 6.07) is 18.4. The van der Waals surface area contributed by atoms with Gasteiger partial charge in [0, 0.05) is 36.6 Å². The normalized spacial score (nSPS) is 19.5. The van der Waals surface area contributed by atoms with Crippen LogP contribution in [-0.2, 0) is 4.79 Å². The predicted octanol–water partition coefficient (Wildman–Crippen LogP) is 4.65. The first-order chi connectivity index (χ1) is 15.1. The van der Waals surface area contributed by atoms with Crippen molar-refractivity contribution >= 4 is 11.6 Å². The van der Waals surface area contributed by atoms with E-state index in [-0.39, 0.29) is 23.8 Å². The van der Waals surface area contributed by atoms with E-state index in [0.717, 1.165) is 35.2 Å². The molecule has 2 N–H and O–H groups in total.